The smallest absolute Gasteiger partial charge is 0.204 e. The van der Waals surface area contributed by atoms with Gasteiger partial charge in [-0.3, -0.25) is 10.1 Å². The number of benzene rings is 1. The number of thioether (sulfide) groups is 1. The van der Waals surface area contributed by atoms with Gasteiger partial charge in [0.2, 0.25) is 6.54 Å². The van der Waals surface area contributed by atoms with Crippen LogP contribution in [0.15, 0.2) is 29.2 Å². The van der Waals surface area contributed by atoms with Crippen molar-refractivity contribution in [3.8, 4) is 0 Å². The Balaban J connectivity index is 2.31. The molecule has 0 spiro atoms. The zero-order valence-corrected chi connectivity index (χ0v) is 11.9. The first kappa shape index (κ1) is 15.0. The van der Waals surface area contributed by atoms with Gasteiger partial charge in [-0.1, -0.05) is 26.0 Å². The van der Waals surface area contributed by atoms with E-state index in [1.165, 1.54) is 16.9 Å². The lowest BCUT2D eigenvalue weighted by atomic mass is 10.1. The summed E-state index contributed by atoms with van der Waals surface area (Å²) < 4.78 is 0. The van der Waals surface area contributed by atoms with Gasteiger partial charge in [-0.15, -0.1) is 11.8 Å². The highest BCUT2D eigenvalue weighted by molar-refractivity contribution is 7.99. The van der Waals surface area contributed by atoms with Gasteiger partial charge in [0.25, 0.3) is 0 Å². The molecular formula is C14H21NO2S. The van der Waals surface area contributed by atoms with Gasteiger partial charge in [0.15, 0.2) is 0 Å². The van der Waals surface area contributed by atoms with Crippen LogP contribution in [-0.4, -0.2) is 17.2 Å². The highest BCUT2D eigenvalue weighted by Gasteiger charge is 2.00. The Morgan fingerprint density at radius 1 is 1.28 bits per heavy atom. The van der Waals surface area contributed by atoms with Crippen molar-refractivity contribution in [2.24, 2.45) is 5.92 Å². The lowest BCUT2D eigenvalue weighted by Crippen LogP contribution is -2.01. The first-order chi connectivity index (χ1) is 8.58. The van der Waals surface area contributed by atoms with Gasteiger partial charge < -0.3 is 0 Å². The summed E-state index contributed by atoms with van der Waals surface area (Å²) in [5.41, 5.74) is 1.19. The maximum atomic E-state index is 10.2. The van der Waals surface area contributed by atoms with Crippen LogP contribution in [-0.2, 0) is 6.42 Å². The minimum absolute atomic E-state index is 0.0604. The van der Waals surface area contributed by atoms with Crippen molar-refractivity contribution in [1.82, 2.24) is 0 Å². The highest BCUT2D eigenvalue weighted by atomic mass is 32.2. The maximum Gasteiger partial charge on any atom is 0.204 e. The van der Waals surface area contributed by atoms with Crippen LogP contribution in [0.5, 0.6) is 0 Å². The molecule has 0 atom stereocenters. The highest BCUT2D eigenvalue weighted by Crippen LogP contribution is 2.21. The summed E-state index contributed by atoms with van der Waals surface area (Å²) in [6.07, 6.45) is 2.64. The van der Waals surface area contributed by atoms with Gasteiger partial charge in [-0.05, 0) is 42.2 Å². The fourth-order valence-corrected chi connectivity index (χ4v) is 2.73. The van der Waals surface area contributed by atoms with Crippen LogP contribution in [0.4, 0.5) is 0 Å². The monoisotopic (exact) mass is 267 g/mol. The number of hydrogen-bond acceptors (Lipinski definition) is 3. The lowest BCUT2D eigenvalue weighted by molar-refractivity contribution is -0.480. The van der Waals surface area contributed by atoms with Crippen LogP contribution < -0.4 is 0 Å². The molecular weight excluding hydrogens is 246 g/mol. The van der Waals surface area contributed by atoms with Crippen LogP contribution >= 0.6 is 11.8 Å². The molecule has 0 radical (unpaired) electrons. The van der Waals surface area contributed by atoms with Gasteiger partial charge in [-0.2, -0.15) is 0 Å². The quantitative estimate of drug-likeness (QED) is 0.405. The van der Waals surface area contributed by atoms with Gasteiger partial charge in [0, 0.05) is 16.2 Å². The molecule has 0 saturated carbocycles. The molecule has 3 nitrogen and oxygen atoms in total. The minimum atomic E-state index is -0.254. The summed E-state index contributed by atoms with van der Waals surface area (Å²) in [6, 6.07) is 8.40. The summed E-state index contributed by atoms with van der Waals surface area (Å²) in [5, 5.41) is 10.2. The average Bonchev–Trinajstić information content (AvgIpc) is 2.30. The summed E-state index contributed by atoms with van der Waals surface area (Å²) in [4.78, 5) is 11.3. The molecule has 0 aliphatic heterocycles. The van der Waals surface area contributed by atoms with E-state index >= 15 is 0 Å². The van der Waals surface area contributed by atoms with Crippen molar-refractivity contribution < 1.29 is 4.92 Å². The topological polar surface area (TPSA) is 43.1 Å². The molecule has 0 heterocycles. The van der Waals surface area contributed by atoms with Crippen LogP contribution in [0, 0.1) is 16.0 Å². The molecule has 0 saturated heterocycles. The molecule has 0 amide bonds. The van der Waals surface area contributed by atoms with E-state index < -0.39 is 0 Å². The van der Waals surface area contributed by atoms with Gasteiger partial charge in [0.05, 0.1) is 0 Å². The fraction of sp³-hybridized carbons (Fsp3) is 0.571. The van der Waals surface area contributed by atoms with Crippen molar-refractivity contribution in [2.45, 2.75) is 38.0 Å². The van der Waals surface area contributed by atoms with E-state index in [-0.39, 0.29) is 11.5 Å². The van der Waals surface area contributed by atoms with E-state index in [1.54, 1.807) is 0 Å². The predicted molar refractivity (Wildman–Crippen MR) is 76.8 cm³/mol. The molecule has 0 aliphatic rings. The lowest BCUT2D eigenvalue weighted by Gasteiger charge is -2.05. The predicted octanol–water partition coefficient (Wildman–Crippen LogP) is 4.03. The molecule has 1 aromatic carbocycles. The number of hydrogen-bond donors (Lipinski definition) is 0. The van der Waals surface area contributed by atoms with Crippen molar-refractivity contribution in [3.63, 3.8) is 0 Å². The van der Waals surface area contributed by atoms with Crippen molar-refractivity contribution >= 4 is 11.8 Å². The molecule has 0 aliphatic carbocycles. The van der Waals surface area contributed by atoms with Crippen LogP contribution in [0.3, 0.4) is 0 Å². The molecule has 18 heavy (non-hydrogen) atoms. The normalized spacial score (nSPS) is 10.8. The third kappa shape index (κ3) is 6.64. The maximum absolute atomic E-state index is 10.2. The van der Waals surface area contributed by atoms with Crippen LogP contribution in [0.25, 0.3) is 0 Å². The standard InChI is InChI=1S/C14H21NO2S/c1-12(2)9-11-18-14-7-5-13(6-8-14)4-3-10-15(16)17/h5-8,12H,3-4,9-11H2,1-2H3. The molecule has 100 valence electrons. The molecule has 4 heteroatoms. The Morgan fingerprint density at radius 2 is 1.94 bits per heavy atom. The molecule has 1 aromatic rings. The summed E-state index contributed by atoms with van der Waals surface area (Å²) in [7, 11) is 0. The number of nitrogens with zero attached hydrogens (tertiary/aromatic N) is 1. The average molecular weight is 267 g/mol. The second-order valence-electron chi connectivity index (χ2n) is 4.83. The van der Waals surface area contributed by atoms with E-state index in [0.29, 0.717) is 6.42 Å². The summed E-state index contributed by atoms with van der Waals surface area (Å²) >= 11 is 1.88. The number of rotatable bonds is 8. The Morgan fingerprint density at radius 3 is 2.50 bits per heavy atom. The van der Waals surface area contributed by atoms with Crippen molar-refractivity contribution in [2.75, 3.05) is 12.3 Å². The number of nitro groups is 1. The molecule has 0 aromatic heterocycles. The van der Waals surface area contributed by atoms with E-state index in [2.05, 4.69) is 38.1 Å². The van der Waals surface area contributed by atoms with Crippen LogP contribution in [0.1, 0.15) is 32.3 Å². The zero-order chi connectivity index (χ0) is 13.4. The van der Waals surface area contributed by atoms with E-state index in [9.17, 15) is 10.1 Å². The summed E-state index contributed by atoms with van der Waals surface area (Å²) in [5.74, 6) is 1.90. The third-order valence-electron chi connectivity index (χ3n) is 2.69. The second kappa shape index (κ2) is 8.14. The van der Waals surface area contributed by atoms with E-state index in [1.807, 2.05) is 11.8 Å². The molecule has 0 N–H and O–H groups in total. The van der Waals surface area contributed by atoms with E-state index in [4.69, 9.17) is 0 Å². The first-order valence-corrected chi connectivity index (χ1v) is 7.40. The largest absolute Gasteiger partial charge is 0.265 e. The molecule has 0 fully saturated rings. The van der Waals surface area contributed by atoms with Crippen molar-refractivity contribution in [1.29, 1.82) is 0 Å². The molecule has 0 unspecified atom stereocenters. The van der Waals surface area contributed by atoms with Crippen molar-refractivity contribution in [3.05, 3.63) is 39.9 Å². The Kier molecular flexibility index (Phi) is 6.80. The SMILES string of the molecule is CC(C)CCSc1ccc(CCC[N+](=O)[O-])cc1. The number of aryl methyl sites for hydroxylation is 1. The van der Waals surface area contributed by atoms with E-state index in [0.717, 1.165) is 18.1 Å². The van der Waals surface area contributed by atoms with Gasteiger partial charge in [-0.25, -0.2) is 0 Å². The first-order valence-electron chi connectivity index (χ1n) is 6.41. The van der Waals surface area contributed by atoms with Gasteiger partial charge in [0.1, 0.15) is 0 Å². The third-order valence-corrected chi connectivity index (χ3v) is 3.74. The minimum Gasteiger partial charge on any atom is -0.265 e. The Bertz CT molecular complexity index is 363. The second-order valence-corrected chi connectivity index (χ2v) is 6.00. The Labute approximate surface area is 113 Å². The summed E-state index contributed by atoms with van der Waals surface area (Å²) in [6.45, 7) is 4.53. The molecule has 1 rings (SSSR count). The fourth-order valence-electron chi connectivity index (χ4n) is 1.58. The Hall–Kier alpha value is -1.03. The van der Waals surface area contributed by atoms with Gasteiger partial charge >= 0.3 is 0 Å². The molecule has 0 bridgehead atoms. The van der Waals surface area contributed by atoms with Crippen LogP contribution in [0.2, 0.25) is 0 Å². The zero-order valence-electron chi connectivity index (χ0n) is 11.1.